The molecule has 1 N–H and O–H groups in total. The van der Waals surface area contributed by atoms with Gasteiger partial charge in [0.05, 0.1) is 13.5 Å². The summed E-state index contributed by atoms with van der Waals surface area (Å²) in [4.78, 5) is 24.9. The monoisotopic (exact) mass is 217 g/mol. The standard InChI is InChI=1S/C12H11NO3/c1-16-12(15)7-8-2-3-9-4-5-11(14)13-10(9)6-8/h2-6H,7H2,1H3,(H,13,14). The lowest BCUT2D eigenvalue weighted by Crippen LogP contribution is -2.06. The molecular weight excluding hydrogens is 206 g/mol. The highest BCUT2D eigenvalue weighted by Crippen LogP contribution is 2.12. The van der Waals surface area contributed by atoms with E-state index in [2.05, 4.69) is 9.72 Å². The van der Waals surface area contributed by atoms with Gasteiger partial charge in [-0.15, -0.1) is 0 Å². The van der Waals surface area contributed by atoms with Crippen LogP contribution >= 0.6 is 0 Å². The average Bonchev–Trinajstić information content (AvgIpc) is 2.28. The molecular formula is C12H11NO3. The molecule has 1 heterocycles. The van der Waals surface area contributed by atoms with Gasteiger partial charge in [0.15, 0.2) is 0 Å². The number of hydrogen-bond acceptors (Lipinski definition) is 3. The van der Waals surface area contributed by atoms with Gasteiger partial charge in [-0.05, 0) is 23.1 Å². The molecule has 0 aliphatic heterocycles. The molecule has 0 aliphatic rings. The average molecular weight is 217 g/mol. The molecule has 1 aromatic heterocycles. The predicted octanol–water partition coefficient (Wildman–Crippen LogP) is 1.24. The fourth-order valence-electron chi connectivity index (χ4n) is 1.55. The first-order valence-electron chi connectivity index (χ1n) is 4.88. The molecule has 0 fully saturated rings. The Hall–Kier alpha value is -2.10. The molecule has 0 unspecified atom stereocenters. The summed E-state index contributed by atoms with van der Waals surface area (Å²) in [6.45, 7) is 0. The van der Waals surface area contributed by atoms with Gasteiger partial charge in [0.25, 0.3) is 0 Å². The highest BCUT2D eigenvalue weighted by Gasteiger charge is 2.03. The van der Waals surface area contributed by atoms with E-state index in [1.54, 1.807) is 12.1 Å². The second kappa shape index (κ2) is 4.18. The lowest BCUT2D eigenvalue weighted by Gasteiger charge is -2.02. The highest BCUT2D eigenvalue weighted by molar-refractivity contribution is 5.81. The molecule has 0 radical (unpaired) electrons. The quantitative estimate of drug-likeness (QED) is 0.770. The summed E-state index contributed by atoms with van der Waals surface area (Å²) in [6, 6.07) is 8.72. The molecule has 2 rings (SSSR count). The van der Waals surface area contributed by atoms with Crippen LogP contribution in [0.3, 0.4) is 0 Å². The summed E-state index contributed by atoms with van der Waals surface area (Å²) >= 11 is 0. The minimum atomic E-state index is -0.294. The zero-order valence-corrected chi connectivity index (χ0v) is 8.82. The second-order valence-corrected chi connectivity index (χ2v) is 3.50. The van der Waals surface area contributed by atoms with Crippen LogP contribution in [0.5, 0.6) is 0 Å². The van der Waals surface area contributed by atoms with Gasteiger partial charge < -0.3 is 9.72 Å². The third-order valence-corrected chi connectivity index (χ3v) is 2.37. The number of ether oxygens (including phenoxy) is 1. The summed E-state index contributed by atoms with van der Waals surface area (Å²) in [5.74, 6) is -0.294. The Morgan fingerprint density at radius 3 is 2.81 bits per heavy atom. The lowest BCUT2D eigenvalue weighted by atomic mass is 10.1. The molecule has 2 aromatic rings. The number of aromatic nitrogens is 1. The van der Waals surface area contributed by atoms with Gasteiger partial charge in [-0.1, -0.05) is 12.1 Å². The van der Waals surface area contributed by atoms with E-state index >= 15 is 0 Å². The summed E-state index contributed by atoms with van der Waals surface area (Å²) in [5.41, 5.74) is 1.40. The van der Waals surface area contributed by atoms with E-state index in [0.29, 0.717) is 0 Å². The van der Waals surface area contributed by atoms with Crippen LogP contribution in [0, 0.1) is 0 Å². The number of esters is 1. The molecule has 4 nitrogen and oxygen atoms in total. The zero-order chi connectivity index (χ0) is 11.5. The molecule has 0 saturated heterocycles. The maximum absolute atomic E-state index is 11.1. The molecule has 0 aliphatic carbocycles. The van der Waals surface area contributed by atoms with Crippen LogP contribution in [0.2, 0.25) is 0 Å². The van der Waals surface area contributed by atoms with Crippen molar-refractivity contribution in [3.05, 3.63) is 46.2 Å². The zero-order valence-electron chi connectivity index (χ0n) is 8.82. The van der Waals surface area contributed by atoms with Crippen molar-refractivity contribution in [3.63, 3.8) is 0 Å². The Bertz CT molecular complexity index is 586. The fourth-order valence-corrected chi connectivity index (χ4v) is 1.55. The topological polar surface area (TPSA) is 59.2 Å². The second-order valence-electron chi connectivity index (χ2n) is 3.50. The van der Waals surface area contributed by atoms with Crippen LogP contribution in [-0.2, 0) is 16.0 Å². The van der Waals surface area contributed by atoms with Crippen LogP contribution < -0.4 is 5.56 Å². The van der Waals surface area contributed by atoms with Crippen molar-refractivity contribution in [2.75, 3.05) is 7.11 Å². The number of carbonyl (C=O) groups excluding carboxylic acids is 1. The number of methoxy groups -OCH3 is 1. The van der Waals surface area contributed by atoms with Crippen LogP contribution in [-0.4, -0.2) is 18.1 Å². The number of pyridine rings is 1. The van der Waals surface area contributed by atoms with E-state index in [9.17, 15) is 9.59 Å². The van der Waals surface area contributed by atoms with Crippen molar-refractivity contribution in [1.29, 1.82) is 0 Å². The minimum absolute atomic E-state index is 0.150. The third kappa shape index (κ3) is 2.11. The largest absolute Gasteiger partial charge is 0.469 e. The van der Waals surface area contributed by atoms with Crippen LogP contribution in [0.4, 0.5) is 0 Å². The van der Waals surface area contributed by atoms with E-state index in [4.69, 9.17) is 0 Å². The normalized spacial score (nSPS) is 10.3. The summed E-state index contributed by atoms with van der Waals surface area (Å²) in [7, 11) is 1.35. The fraction of sp³-hybridized carbons (Fsp3) is 0.167. The molecule has 0 bridgehead atoms. The van der Waals surface area contributed by atoms with E-state index < -0.39 is 0 Å². The first kappa shape index (κ1) is 10.4. The smallest absolute Gasteiger partial charge is 0.309 e. The van der Waals surface area contributed by atoms with Gasteiger partial charge in [-0.3, -0.25) is 9.59 Å². The molecule has 16 heavy (non-hydrogen) atoms. The first-order valence-corrected chi connectivity index (χ1v) is 4.88. The van der Waals surface area contributed by atoms with Crippen molar-refractivity contribution in [1.82, 2.24) is 4.98 Å². The number of rotatable bonds is 2. The molecule has 0 spiro atoms. The maximum atomic E-state index is 11.1. The molecule has 4 heteroatoms. The number of hydrogen-bond donors (Lipinski definition) is 1. The van der Waals surface area contributed by atoms with E-state index in [-0.39, 0.29) is 17.9 Å². The number of benzene rings is 1. The van der Waals surface area contributed by atoms with Crippen molar-refractivity contribution >= 4 is 16.9 Å². The number of nitrogens with one attached hydrogen (secondary N) is 1. The van der Waals surface area contributed by atoms with Crippen molar-refractivity contribution in [2.24, 2.45) is 0 Å². The van der Waals surface area contributed by atoms with Gasteiger partial charge in [-0.25, -0.2) is 0 Å². The lowest BCUT2D eigenvalue weighted by molar-refractivity contribution is -0.139. The Morgan fingerprint density at radius 1 is 1.31 bits per heavy atom. The Morgan fingerprint density at radius 2 is 2.06 bits per heavy atom. The van der Waals surface area contributed by atoms with Crippen LogP contribution in [0.15, 0.2) is 35.1 Å². The SMILES string of the molecule is COC(=O)Cc1ccc2ccc(=O)[nH]c2c1. The van der Waals surface area contributed by atoms with Crippen molar-refractivity contribution < 1.29 is 9.53 Å². The van der Waals surface area contributed by atoms with E-state index in [1.807, 2.05) is 12.1 Å². The summed E-state index contributed by atoms with van der Waals surface area (Å²) in [6.07, 6.45) is 0.212. The third-order valence-electron chi connectivity index (χ3n) is 2.37. The van der Waals surface area contributed by atoms with Crippen LogP contribution in [0.25, 0.3) is 10.9 Å². The van der Waals surface area contributed by atoms with Gasteiger partial charge in [0, 0.05) is 11.6 Å². The molecule has 0 saturated carbocycles. The Balaban J connectivity index is 2.42. The van der Waals surface area contributed by atoms with Gasteiger partial charge in [0.2, 0.25) is 5.56 Å². The van der Waals surface area contributed by atoms with Gasteiger partial charge in [-0.2, -0.15) is 0 Å². The Labute approximate surface area is 91.9 Å². The van der Waals surface area contributed by atoms with Crippen molar-refractivity contribution in [2.45, 2.75) is 6.42 Å². The van der Waals surface area contributed by atoms with E-state index in [0.717, 1.165) is 16.5 Å². The molecule has 1 aromatic carbocycles. The number of carbonyl (C=O) groups is 1. The number of aromatic amines is 1. The van der Waals surface area contributed by atoms with Gasteiger partial charge >= 0.3 is 5.97 Å². The molecule has 0 atom stereocenters. The van der Waals surface area contributed by atoms with Crippen molar-refractivity contribution in [3.8, 4) is 0 Å². The minimum Gasteiger partial charge on any atom is -0.469 e. The molecule has 82 valence electrons. The maximum Gasteiger partial charge on any atom is 0.309 e. The molecule has 0 amide bonds. The summed E-state index contributed by atoms with van der Waals surface area (Å²) in [5, 5.41) is 0.938. The highest BCUT2D eigenvalue weighted by atomic mass is 16.5. The number of H-pyrrole nitrogens is 1. The number of fused-ring (bicyclic) bond motifs is 1. The Kier molecular flexibility index (Phi) is 2.72. The van der Waals surface area contributed by atoms with Gasteiger partial charge in [0.1, 0.15) is 0 Å². The summed E-state index contributed by atoms with van der Waals surface area (Å²) < 4.78 is 4.58. The van der Waals surface area contributed by atoms with Crippen LogP contribution in [0.1, 0.15) is 5.56 Å². The first-order chi connectivity index (χ1) is 7.69. The predicted molar refractivity (Wildman–Crippen MR) is 60.3 cm³/mol. The van der Waals surface area contributed by atoms with E-state index in [1.165, 1.54) is 13.2 Å².